The van der Waals surface area contributed by atoms with Gasteiger partial charge in [-0.25, -0.2) is 0 Å². The monoisotopic (exact) mass is 244 g/mol. The molecule has 0 radical (unpaired) electrons. The SMILES string of the molecule is C=CCCCNc1ccc(N)cc1C(F)(F)F. The highest BCUT2D eigenvalue weighted by molar-refractivity contribution is 5.59. The molecule has 94 valence electrons. The van der Waals surface area contributed by atoms with E-state index in [1.807, 2.05) is 0 Å². The fourth-order valence-electron chi connectivity index (χ4n) is 1.42. The predicted octanol–water partition coefficient (Wildman–Crippen LogP) is 3.67. The van der Waals surface area contributed by atoms with E-state index in [-0.39, 0.29) is 11.4 Å². The topological polar surface area (TPSA) is 38.0 Å². The van der Waals surface area contributed by atoms with E-state index < -0.39 is 11.7 Å². The van der Waals surface area contributed by atoms with Gasteiger partial charge < -0.3 is 11.1 Å². The van der Waals surface area contributed by atoms with Gasteiger partial charge in [0.15, 0.2) is 0 Å². The molecular formula is C12H15F3N2. The maximum absolute atomic E-state index is 12.7. The number of unbranched alkanes of at least 4 members (excludes halogenated alkanes) is 1. The summed E-state index contributed by atoms with van der Waals surface area (Å²) in [6, 6.07) is 3.74. The van der Waals surface area contributed by atoms with Crippen LogP contribution < -0.4 is 11.1 Å². The lowest BCUT2D eigenvalue weighted by molar-refractivity contribution is -0.136. The van der Waals surface area contributed by atoms with Crippen molar-refractivity contribution >= 4 is 11.4 Å². The molecule has 5 heteroatoms. The molecule has 1 rings (SSSR count). The van der Waals surface area contributed by atoms with Crippen LogP contribution in [0.25, 0.3) is 0 Å². The Labute approximate surface area is 98.3 Å². The number of nitrogens with two attached hydrogens (primary N) is 1. The van der Waals surface area contributed by atoms with Crippen LogP contribution in [-0.2, 0) is 6.18 Å². The number of rotatable bonds is 5. The summed E-state index contributed by atoms with van der Waals surface area (Å²) >= 11 is 0. The van der Waals surface area contributed by atoms with Gasteiger partial charge in [0.1, 0.15) is 0 Å². The Morgan fingerprint density at radius 3 is 2.65 bits per heavy atom. The van der Waals surface area contributed by atoms with E-state index in [0.29, 0.717) is 6.54 Å². The van der Waals surface area contributed by atoms with Crippen LogP contribution in [0.15, 0.2) is 30.9 Å². The Bertz CT molecular complexity index is 386. The van der Waals surface area contributed by atoms with Crippen LogP contribution in [0.2, 0.25) is 0 Å². The van der Waals surface area contributed by atoms with Gasteiger partial charge in [-0.3, -0.25) is 0 Å². The van der Waals surface area contributed by atoms with Crippen LogP contribution >= 0.6 is 0 Å². The fourth-order valence-corrected chi connectivity index (χ4v) is 1.42. The first-order chi connectivity index (χ1) is 7.95. The lowest BCUT2D eigenvalue weighted by Gasteiger charge is -2.14. The van der Waals surface area contributed by atoms with Gasteiger partial charge in [-0.05, 0) is 31.0 Å². The van der Waals surface area contributed by atoms with Crippen molar-refractivity contribution in [3.8, 4) is 0 Å². The summed E-state index contributed by atoms with van der Waals surface area (Å²) in [5.74, 6) is 0. The molecule has 17 heavy (non-hydrogen) atoms. The van der Waals surface area contributed by atoms with Gasteiger partial charge in [0, 0.05) is 17.9 Å². The molecule has 1 aromatic carbocycles. The molecule has 0 fully saturated rings. The van der Waals surface area contributed by atoms with Crippen LogP contribution in [0.3, 0.4) is 0 Å². The van der Waals surface area contributed by atoms with Crippen LogP contribution in [0.1, 0.15) is 18.4 Å². The number of hydrogen-bond donors (Lipinski definition) is 2. The molecule has 2 nitrogen and oxygen atoms in total. The second kappa shape index (κ2) is 5.61. The van der Waals surface area contributed by atoms with Crippen LogP contribution in [0.4, 0.5) is 24.5 Å². The molecule has 0 atom stereocenters. The lowest BCUT2D eigenvalue weighted by Crippen LogP contribution is -2.12. The van der Waals surface area contributed by atoms with Crippen molar-refractivity contribution in [3.05, 3.63) is 36.4 Å². The maximum atomic E-state index is 12.7. The number of halogens is 3. The van der Waals surface area contributed by atoms with Crippen LogP contribution in [-0.4, -0.2) is 6.54 Å². The van der Waals surface area contributed by atoms with E-state index in [9.17, 15) is 13.2 Å². The average Bonchev–Trinajstić information content (AvgIpc) is 2.25. The molecule has 1 aromatic rings. The Morgan fingerprint density at radius 2 is 2.06 bits per heavy atom. The molecule has 0 aliphatic carbocycles. The Morgan fingerprint density at radius 1 is 1.35 bits per heavy atom. The highest BCUT2D eigenvalue weighted by Crippen LogP contribution is 2.35. The van der Waals surface area contributed by atoms with Gasteiger partial charge >= 0.3 is 6.18 Å². The van der Waals surface area contributed by atoms with E-state index in [4.69, 9.17) is 5.73 Å². The van der Waals surface area contributed by atoms with Crippen molar-refractivity contribution in [2.75, 3.05) is 17.6 Å². The Kier molecular flexibility index (Phi) is 4.43. The molecule has 0 saturated heterocycles. The smallest absolute Gasteiger partial charge is 0.399 e. The number of benzene rings is 1. The summed E-state index contributed by atoms with van der Waals surface area (Å²) in [5, 5.41) is 2.76. The zero-order chi connectivity index (χ0) is 12.9. The quantitative estimate of drug-likeness (QED) is 0.471. The highest BCUT2D eigenvalue weighted by Gasteiger charge is 2.33. The van der Waals surface area contributed by atoms with E-state index in [1.165, 1.54) is 12.1 Å². The molecule has 0 amide bonds. The third-order valence-electron chi connectivity index (χ3n) is 2.25. The molecule has 0 spiro atoms. The average molecular weight is 244 g/mol. The molecule has 0 aliphatic rings. The highest BCUT2D eigenvalue weighted by atomic mass is 19.4. The van der Waals surface area contributed by atoms with Gasteiger partial charge in [-0.1, -0.05) is 6.08 Å². The van der Waals surface area contributed by atoms with Gasteiger partial charge in [-0.15, -0.1) is 6.58 Å². The molecule has 0 unspecified atom stereocenters. The van der Waals surface area contributed by atoms with E-state index in [2.05, 4.69) is 11.9 Å². The van der Waals surface area contributed by atoms with E-state index in [1.54, 1.807) is 6.08 Å². The summed E-state index contributed by atoms with van der Waals surface area (Å²) in [4.78, 5) is 0. The van der Waals surface area contributed by atoms with Crippen molar-refractivity contribution in [3.63, 3.8) is 0 Å². The lowest BCUT2D eigenvalue weighted by atomic mass is 10.1. The van der Waals surface area contributed by atoms with E-state index >= 15 is 0 Å². The van der Waals surface area contributed by atoms with Crippen LogP contribution in [0, 0.1) is 0 Å². The fraction of sp³-hybridized carbons (Fsp3) is 0.333. The Hall–Kier alpha value is -1.65. The first kappa shape index (κ1) is 13.4. The second-order valence-electron chi connectivity index (χ2n) is 3.66. The first-order valence-electron chi connectivity index (χ1n) is 5.26. The molecule has 0 aliphatic heterocycles. The number of allylic oxidation sites excluding steroid dienone is 1. The largest absolute Gasteiger partial charge is 0.418 e. The van der Waals surface area contributed by atoms with Crippen molar-refractivity contribution in [2.24, 2.45) is 0 Å². The first-order valence-corrected chi connectivity index (χ1v) is 5.26. The van der Waals surface area contributed by atoms with Gasteiger partial charge in [0.25, 0.3) is 0 Å². The minimum atomic E-state index is -4.39. The minimum absolute atomic E-state index is 0.0655. The molecule has 0 bridgehead atoms. The summed E-state index contributed by atoms with van der Waals surface area (Å²) in [6.45, 7) is 4.02. The molecular weight excluding hydrogens is 229 g/mol. The zero-order valence-electron chi connectivity index (χ0n) is 9.35. The van der Waals surface area contributed by atoms with Gasteiger partial charge in [0.2, 0.25) is 0 Å². The number of nitrogens with one attached hydrogen (secondary N) is 1. The number of nitrogen functional groups attached to an aromatic ring is 1. The summed E-state index contributed by atoms with van der Waals surface area (Å²) in [7, 11) is 0. The number of hydrogen-bond acceptors (Lipinski definition) is 2. The van der Waals surface area contributed by atoms with Crippen molar-refractivity contribution in [2.45, 2.75) is 19.0 Å². The number of anilines is 2. The third kappa shape index (κ3) is 4.01. The Balaban J connectivity index is 2.80. The standard InChI is InChI=1S/C12H15F3N2/c1-2-3-4-7-17-11-6-5-9(16)8-10(11)12(13,14)15/h2,5-6,8,17H,1,3-4,7,16H2. The number of alkyl halides is 3. The van der Waals surface area contributed by atoms with Gasteiger partial charge in [-0.2, -0.15) is 13.2 Å². The molecule has 0 heterocycles. The molecule has 0 saturated carbocycles. The van der Waals surface area contributed by atoms with Crippen LogP contribution in [0.5, 0.6) is 0 Å². The molecule has 0 aromatic heterocycles. The zero-order valence-corrected chi connectivity index (χ0v) is 9.35. The van der Waals surface area contributed by atoms with Gasteiger partial charge in [0.05, 0.1) is 5.56 Å². The third-order valence-corrected chi connectivity index (χ3v) is 2.25. The van der Waals surface area contributed by atoms with Crippen molar-refractivity contribution in [1.82, 2.24) is 0 Å². The van der Waals surface area contributed by atoms with Crippen molar-refractivity contribution < 1.29 is 13.2 Å². The molecule has 3 N–H and O–H groups in total. The van der Waals surface area contributed by atoms with Crippen molar-refractivity contribution in [1.29, 1.82) is 0 Å². The predicted molar refractivity (Wildman–Crippen MR) is 63.8 cm³/mol. The summed E-state index contributed by atoms with van der Waals surface area (Å²) in [6.07, 6.45) is -1.15. The minimum Gasteiger partial charge on any atom is -0.399 e. The second-order valence-corrected chi connectivity index (χ2v) is 3.66. The maximum Gasteiger partial charge on any atom is 0.418 e. The summed E-state index contributed by atoms with van der Waals surface area (Å²) in [5.41, 5.74) is 4.80. The van der Waals surface area contributed by atoms with E-state index in [0.717, 1.165) is 18.9 Å². The normalized spacial score (nSPS) is 11.2. The summed E-state index contributed by atoms with van der Waals surface area (Å²) < 4.78 is 38.1.